The fourth-order valence-corrected chi connectivity index (χ4v) is 4.33. The number of hydrogen-bond acceptors (Lipinski definition) is 8. The zero-order valence-electron chi connectivity index (χ0n) is 13.8. The van der Waals surface area contributed by atoms with Gasteiger partial charge in [0, 0.05) is 24.4 Å². The number of nitrogens with one attached hydrogen (secondary N) is 3. The summed E-state index contributed by atoms with van der Waals surface area (Å²) in [6.07, 6.45) is -0.580. The van der Waals surface area contributed by atoms with Gasteiger partial charge in [0.05, 0.1) is 12.1 Å². The molecule has 0 saturated carbocycles. The minimum atomic E-state index is -0.906. The molecule has 142 valence electrons. The first kappa shape index (κ1) is 18.3. The van der Waals surface area contributed by atoms with Crippen LogP contribution >= 0.6 is 23.1 Å². The lowest BCUT2D eigenvalue weighted by Crippen LogP contribution is -2.32. The lowest BCUT2D eigenvalue weighted by Gasteiger charge is -2.16. The van der Waals surface area contributed by atoms with Crippen LogP contribution in [0, 0.1) is 11.6 Å². The summed E-state index contributed by atoms with van der Waals surface area (Å²) in [5, 5.41) is 16.5. The number of benzene rings is 1. The molecule has 3 aromatic rings. The lowest BCUT2D eigenvalue weighted by atomic mass is 10.2. The molecule has 11 heteroatoms. The monoisotopic (exact) mass is 411 g/mol. The predicted octanol–water partition coefficient (Wildman–Crippen LogP) is 1.69. The summed E-state index contributed by atoms with van der Waals surface area (Å²) in [5.74, 6) is -1.24. The maximum absolute atomic E-state index is 13.8. The molecule has 7 nitrogen and oxygen atoms in total. The summed E-state index contributed by atoms with van der Waals surface area (Å²) in [4.78, 5) is 22.8. The van der Waals surface area contributed by atoms with E-state index in [1.807, 2.05) is 0 Å². The minimum absolute atomic E-state index is 0.135. The highest BCUT2D eigenvalue weighted by Crippen LogP contribution is 2.28. The largest absolute Gasteiger partial charge is 0.390 e. The van der Waals surface area contributed by atoms with Crippen molar-refractivity contribution in [1.82, 2.24) is 20.3 Å². The van der Waals surface area contributed by atoms with E-state index in [4.69, 9.17) is 0 Å². The second kappa shape index (κ2) is 7.50. The number of aromatic nitrogens is 3. The van der Waals surface area contributed by atoms with Crippen LogP contribution in [0.25, 0.3) is 10.3 Å². The maximum Gasteiger partial charge on any atom is 0.306 e. The molecule has 0 radical (unpaired) electrons. The van der Waals surface area contributed by atoms with Crippen molar-refractivity contribution in [3.8, 4) is 0 Å². The smallest absolute Gasteiger partial charge is 0.306 e. The van der Waals surface area contributed by atoms with Crippen LogP contribution in [0.3, 0.4) is 0 Å². The van der Waals surface area contributed by atoms with Crippen LogP contribution in [0.15, 0.2) is 28.2 Å². The Labute approximate surface area is 160 Å². The zero-order chi connectivity index (χ0) is 19.0. The van der Waals surface area contributed by atoms with Gasteiger partial charge < -0.3 is 15.7 Å². The van der Waals surface area contributed by atoms with Gasteiger partial charge >= 0.3 is 4.87 Å². The highest BCUT2D eigenvalue weighted by Gasteiger charge is 2.26. The van der Waals surface area contributed by atoms with Crippen molar-refractivity contribution in [3.05, 3.63) is 45.1 Å². The Kier molecular flexibility index (Phi) is 5.08. The quantitative estimate of drug-likeness (QED) is 0.374. The Morgan fingerprint density at radius 3 is 2.96 bits per heavy atom. The Morgan fingerprint density at radius 2 is 2.19 bits per heavy atom. The Bertz CT molecular complexity index is 1040. The number of aliphatic hydroxyl groups excluding tert-OH is 1. The van der Waals surface area contributed by atoms with Crippen molar-refractivity contribution in [2.45, 2.75) is 23.1 Å². The van der Waals surface area contributed by atoms with E-state index in [-0.39, 0.29) is 22.2 Å². The third kappa shape index (κ3) is 3.81. The Morgan fingerprint density at radius 1 is 1.33 bits per heavy atom. The summed E-state index contributed by atoms with van der Waals surface area (Å²) < 4.78 is 27.7. The molecule has 1 fully saturated rings. The van der Waals surface area contributed by atoms with Gasteiger partial charge in [-0.25, -0.2) is 18.7 Å². The van der Waals surface area contributed by atoms with Crippen molar-refractivity contribution >= 4 is 39.3 Å². The van der Waals surface area contributed by atoms with Crippen LogP contribution in [0.1, 0.15) is 5.56 Å². The van der Waals surface area contributed by atoms with Crippen LogP contribution in [-0.4, -0.2) is 45.3 Å². The number of hydrogen-bond donors (Lipinski definition) is 4. The molecule has 4 N–H and O–H groups in total. The Hall–Kier alpha value is -2.08. The molecule has 3 heterocycles. The molecule has 27 heavy (non-hydrogen) atoms. The SMILES string of the molecule is O=c1[nH]c2nc(SCc3cccc(F)c3F)nc(N[C@@H]3CNC[C@@H]3O)c2s1. The molecular weight excluding hydrogens is 396 g/mol. The number of thiazole rings is 1. The average Bonchev–Trinajstić information content (AvgIpc) is 3.21. The molecular formula is C16H15F2N5O2S2. The van der Waals surface area contributed by atoms with E-state index in [1.54, 1.807) is 0 Å². The van der Waals surface area contributed by atoms with Gasteiger partial charge in [-0.3, -0.25) is 9.78 Å². The molecule has 0 spiro atoms. The van der Waals surface area contributed by atoms with Crippen LogP contribution < -0.4 is 15.5 Å². The van der Waals surface area contributed by atoms with Gasteiger partial charge in [0.15, 0.2) is 28.3 Å². The molecule has 4 rings (SSSR count). The topological polar surface area (TPSA) is 103 Å². The number of aromatic amines is 1. The maximum atomic E-state index is 13.8. The number of aliphatic hydroxyl groups is 1. The normalized spacial score (nSPS) is 19.7. The Balaban J connectivity index is 1.62. The van der Waals surface area contributed by atoms with E-state index in [9.17, 15) is 18.7 Å². The molecule has 0 aliphatic carbocycles. The summed E-state index contributed by atoms with van der Waals surface area (Å²) in [6, 6.07) is 3.75. The first-order chi connectivity index (χ1) is 13.0. The van der Waals surface area contributed by atoms with Crippen LogP contribution in [-0.2, 0) is 5.75 Å². The van der Waals surface area contributed by atoms with Gasteiger partial charge in [-0.05, 0) is 6.07 Å². The molecule has 2 aromatic heterocycles. The van der Waals surface area contributed by atoms with E-state index >= 15 is 0 Å². The molecule has 2 atom stereocenters. The number of fused-ring (bicyclic) bond motifs is 1. The fourth-order valence-electron chi connectivity index (χ4n) is 2.78. The summed E-state index contributed by atoms with van der Waals surface area (Å²) >= 11 is 2.10. The van der Waals surface area contributed by atoms with Crippen molar-refractivity contribution in [3.63, 3.8) is 0 Å². The van der Waals surface area contributed by atoms with Crippen molar-refractivity contribution in [1.29, 1.82) is 0 Å². The third-order valence-electron chi connectivity index (χ3n) is 4.15. The van der Waals surface area contributed by atoms with E-state index in [2.05, 4.69) is 25.6 Å². The number of β-amino-alcohol motifs (C(OH)–C–C–N with tert-alkyl or cyclic N) is 1. The zero-order valence-corrected chi connectivity index (χ0v) is 15.5. The van der Waals surface area contributed by atoms with E-state index in [1.165, 1.54) is 12.1 Å². The minimum Gasteiger partial charge on any atom is -0.390 e. The van der Waals surface area contributed by atoms with Crippen molar-refractivity contribution < 1.29 is 13.9 Å². The van der Waals surface area contributed by atoms with E-state index < -0.39 is 17.7 Å². The van der Waals surface area contributed by atoms with Crippen LogP contribution in [0.4, 0.5) is 14.6 Å². The standard InChI is InChI=1S/C16H15F2N5O2S2/c17-8-3-1-2-7(11(8)18)6-26-15-21-13(20-9-4-19-5-10(9)24)12-14(22-15)23-16(25)27-12/h1-3,9-10,19,24H,4-6H2,(H2,20,21,22,23,25)/t9-,10+/m1/s1. The number of anilines is 1. The van der Waals surface area contributed by atoms with Gasteiger partial charge in [0.1, 0.15) is 4.70 Å². The van der Waals surface area contributed by atoms with Gasteiger partial charge in [0.25, 0.3) is 0 Å². The second-order valence-corrected chi connectivity index (χ2v) is 7.95. The van der Waals surface area contributed by atoms with Crippen LogP contribution in [0.2, 0.25) is 0 Å². The van der Waals surface area contributed by atoms with Crippen molar-refractivity contribution in [2.75, 3.05) is 18.4 Å². The molecule has 1 aromatic carbocycles. The number of halogens is 2. The molecule has 1 aliphatic heterocycles. The second-order valence-electron chi connectivity index (χ2n) is 6.03. The molecule has 1 aliphatic rings. The number of rotatable bonds is 5. The van der Waals surface area contributed by atoms with Gasteiger partial charge in [-0.15, -0.1) is 0 Å². The van der Waals surface area contributed by atoms with E-state index in [0.29, 0.717) is 34.4 Å². The van der Waals surface area contributed by atoms with E-state index in [0.717, 1.165) is 29.2 Å². The van der Waals surface area contributed by atoms with Gasteiger partial charge in [0.2, 0.25) is 0 Å². The lowest BCUT2D eigenvalue weighted by molar-refractivity contribution is 0.185. The third-order valence-corrected chi connectivity index (χ3v) is 5.93. The highest BCUT2D eigenvalue weighted by molar-refractivity contribution is 7.98. The van der Waals surface area contributed by atoms with Crippen molar-refractivity contribution in [2.24, 2.45) is 0 Å². The van der Waals surface area contributed by atoms with Gasteiger partial charge in [-0.1, -0.05) is 35.2 Å². The first-order valence-electron chi connectivity index (χ1n) is 8.13. The molecule has 0 amide bonds. The molecule has 0 bridgehead atoms. The summed E-state index contributed by atoms with van der Waals surface area (Å²) in [5.41, 5.74) is 0.567. The summed E-state index contributed by atoms with van der Waals surface area (Å²) in [6.45, 7) is 1.03. The van der Waals surface area contributed by atoms with Gasteiger partial charge in [-0.2, -0.15) is 0 Å². The number of thioether (sulfide) groups is 1. The average molecular weight is 411 g/mol. The predicted molar refractivity (Wildman–Crippen MR) is 100 cm³/mol. The first-order valence-corrected chi connectivity index (χ1v) is 9.93. The highest BCUT2D eigenvalue weighted by atomic mass is 32.2. The fraction of sp³-hybridized carbons (Fsp3) is 0.312. The van der Waals surface area contributed by atoms with Crippen LogP contribution in [0.5, 0.6) is 0 Å². The number of nitrogens with zero attached hydrogens (tertiary/aromatic N) is 2. The number of H-pyrrole nitrogens is 1. The summed E-state index contributed by atoms with van der Waals surface area (Å²) in [7, 11) is 0. The molecule has 1 saturated heterocycles. The molecule has 0 unspecified atom stereocenters.